The minimum Gasteiger partial charge on any atom is -0.491 e. The number of nitrogens with one attached hydrogen (secondary N) is 2. The summed E-state index contributed by atoms with van der Waals surface area (Å²) in [5, 5.41) is 11.6. The number of ether oxygens (including phenoxy) is 1. The molecule has 8 nitrogen and oxygen atoms in total. The summed E-state index contributed by atoms with van der Waals surface area (Å²) in [6, 6.07) is 9.63. The summed E-state index contributed by atoms with van der Waals surface area (Å²) in [6.45, 7) is 3.84. The molecule has 1 fully saturated rings. The van der Waals surface area contributed by atoms with Crippen LogP contribution in [0.5, 0.6) is 5.75 Å². The van der Waals surface area contributed by atoms with E-state index in [-0.39, 0.29) is 24.9 Å². The minimum absolute atomic E-state index is 0.102. The van der Waals surface area contributed by atoms with Crippen LogP contribution in [0.15, 0.2) is 48.7 Å². The highest BCUT2D eigenvalue weighted by molar-refractivity contribution is 14.1. The highest BCUT2D eigenvalue weighted by atomic mass is 127. The molecule has 0 radical (unpaired) electrons. The van der Waals surface area contributed by atoms with E-state index in [1.54, 1.807) is 36.4 Å². The van der Waals surface area contributed by atoms with Gasteiger partial charge in [0.2, 0.25) is 0 Å². The van der Waals surface area contributed by atoms with E-state index in [9.17, 15) is 14.0 Å². The van der Waals surface area contributed by atoms with E-state index in [2.05, 4.69) is 15.3 Å². The van der Waals surface area contributed by atoms with Crippen LogP contribution in [0.2, 0.25) is 0 Å². The molecule has 2 atom stereocenters. The first kappa shape index (κ1) is 24.1. The van der Waals surface area contributed by atoms with Gasteiger partial charge in [-0.05, 0) is 64.4 Å². The molecule has 1 aromatic heterocycles. The summed E-state index contributed by atoms with van der Waals surface area (Å²) in [6.07, 6.45) is 1.51. The van der Waals surface area contributed by atoms with Crippen molar-refractivity contribution in [2.45, 2.75) is 25.9 Å². The molecule has 0 saturated carbocycles. The van der Waals surface area contributed by atoms with Crippen LogP contribution in [0, 0.1) is 15.3 Å². The fraction of sp³-hybridized carbons (Fsp3) is 0.292. The number of nitrogens with zero attached hydrogens (tertiary/aromatic N) is 2. The van der Waals surface area contributed by atoms with Gasteiger partial charge in [-0.1, -0.05) is 26.0 Å². The number of hydrogen-bond acceptors (Lipinski definition) is 5. The number of amides is 3. The number of urea groups is 1. The topological polar surface area (TPSA) is 108 Å². The number of imide groups is 1. The lowest BCUT2D eigenvalue weighted by Gasteiger charge is -2.27. The molecule has 1 saturated heterocycles. The molecule has 3 aromatic rings. The monoisotopic (exact) mass is 578 g/mol. The van der Waals surface area contributed by atoms with Crippen molar-refractivity contribution >= 4 is 34.5 Å². The lowest BCUT2D eigenvalue weighted by atomic mass is 10.0. The van der Waals surface area contributed by atoms with E-state index in [0.717, 1.165) is 3.57 Å². The SMILES string of the molecule is CC(C)[C@H](c1ncc(-c2ccc(I)cc2F)[nH]1)N1C(=O)NC(c2ccc(OCCO)cc2)C1=O. The van der Waals surface area contributed by atoms with Crippen LogP contribution in [-0.2, 0) is 4.79 Å². The highest BCUT2D eigenvalue weighted by Crippen LogP contribution is 2.35. The van der Waals surface area contributed by atoms with Crippen molar-refractivity contribution < 1.29 is 23.8 Å². The van der Waals surface area contributed by atoms with Gasteiger partial charge in [-0.2, -0.15) is 0 Å². The number of aliphatic hydroxyl groups excluding tert-OH is 1. The lowest BCUT2D eigenvalue weighted by Crippen LogP contribution is -2.38. The Balaban J connectivity index is 1.59. The standard InChI is InChI=1S/C24H24FIN4O4/c1-13(2)21(22-27-12-19(28-22)17-8-5-15(26)11-18(17)25)30-23(32)20(29-24(30)33)14-3-6-16(7-4-14)34-10-9-31/h3-8,11-13,20-21,31H,9-10H2,1-2H3,(H,27,28)(H,29,33)/t20?,21-/m1/s1. The predicted octanol–water partition coefficient (Wildman–Crippen LogP) is 4.18. The van der Waals surface area contributed by atoms with Crippen LogP contribution >= 0.6 is 22.6 Å². The fourth-order valence-electron chi connectivity index (χ4n) is 3.97. The van der Waals surface area contributed by atoms with E-state index in [0.29, 0.717) is 28.4 Å². The molecule has 3 N–H and O–H groups in total. The summed E-state index contributed by atoms with van der Waals surface area (Å²) >= 11 is 2.04. The number of benzene rings is 2. The number of rotatable bonds is 8. The maximum absolute atomic E-state index is 14.5. The molecule has 178 valence electrons. The number of carbonyl (C=O) groups is 2. The minimum atomic E-state index is -0.844. The van der Waals surface area contributed by atoms with Crippen molar-refractivity contribution in [2.24, 2.45) is 5.92 Å². The maximum atomic E-state index is 14.5. The number of halogens is 2. The molecule has 1 aliphatic heterocycles. The van der Waals surface area contributed by atoms with Gasteiger partial charge in [-0.15, -0.1) is 0 Å². The number of imidazole rings is 1. The summed E-state index contributed by atoms with van der Waals surface area (Å²) in [5.74, 6) is 0.0244. The van der Waals surface area contributed by atoms with Gasteiger partial charge in [0.25, 0.3) is 5.91 Å². The quantitative estimate of drug-likeness (QED) is 0.275. The summed E-state index contributed by atoms with van der Waals surface area (Å²) in [4.78, 5) is 34.9. The third kappa shape index (κ3) is 4.78. The molecular weight excluding hydrogens is 554 g/mol. The Labute approximate surface area is 209 Å². The van der Waals surface area contributed by atoms with Crippen molar-refractivity contribution in [2.75, 3.05) is 13.2 Å². The van der Waals surface area contributed by atoms with Crippen molar-refractivity contribution in [3.05, 3.63) is 69.4 Å². The zero-order valence-electron chi connectivity index (χ0n) is 18.6. The van der Waals surface area contributed by atoms with Crippen LogP contribution in [0.3, 0.4) is 0 Å². The number of aliphatic hydroxyl groups is 1. The molecular formula is C24H24FIN4O4. The van der Waals surface area contributed by atoms with Crippen LogP contribution < -0.4 is 10.1 Å². The van der Waals surface area contributed by atoms with Crippen LogP contribution in [0.1, 0.15) is 37.3 Å². The summed E-state index contributed by atoms with van der Waals surface area (Å²) in [5.41, 5.74) is 1.44. The van der Waals surface area contributed by atoms with E-state index < -0.39 is 24.0 Å². The van der Waals surface area contributed by atoms with Crippen molar-refractivity contribution in [3.8, 4) is 17.0 Å². The molecule has 0 spiro atoms. The fourth-order valence-corrected chi connectivity index (χ4v) is 4.42. The predicted molar refractivity (Wildman–Crippen MR) is 131 cm³/mol. The lowest BCUT2D eigenvalue weighted by molar-refractivity contribution is -0.130. The van der Waals surface area contributed by atoms with Gasteiger partial charge in [-0.3, -0.25) is 9.69 Å². The first-order chi connectivity index (χ1) is 16.3. The maximum Gasteiger partial charge on any atom is 0.325 e. The smallest absolute Gasteiger partial charge is 0.325 e. The first-order valence-electron chi connectivity index (χ1n) is 10.8. The second kappa shape index (κ2) is 10.1. The molecule has 1 aliphatic rings. The average molecular weight is 578 g/mol. The van der Waals surface area contributed by atoms with Gasteiger partial charge in [0, 0.05) is 9.13 Å². The van der Waals surface area contributed by atoms with Gasteiger partial charge < -0.3 is 20.1 Å². The zero-order chi connectivity index (χ0) is 24.4. The third-order valence-electron chi connectivity index (χ3n) is 5.55. The molecule has 1 unspecified atom stereocenters. The van der Waals surface area contributed by atoms with Gasteiger partial charge in [0.05, 0.1) is 18.5 Å². The number of aromatic nitrogens is 2. The third-order valence-corrected chi connectivity index (χ3v) is 6.22. The molecule has 4 rings (SSSR count). The van der Waals surface area contributed by atoms with Gasteiger partial charge in [0.1, 0.15) is 36.1 Å². The van der Waals surface area contributed by atoms with E-state index in [1.165, 1.54) is 17.2 Å². The zero-order valence-corrected chi connectivity index (χ0v) is 20.7. The molecule has 2 heterocycles. The molecule has 10 heteroatoms. The van der Waals surface area contributed by atoms with Crippen LogP contribution in [0.25, 0.3) is 11.3 Å². The van der Waals surface area contributed by atoms with E-state index in [1.807, 2.05) is 36.4 Å². The Morgan fingerprint density at radius 1 is 1.21 bits per heavy atom. The Kier molecular flexibility index (Phi) is 7.17. The molecule has 3 amide bonds. The Morgan fingerprint density at radius 3 is 2.59 bits per heavy atom. The van der Waals surface area contributed by atoms with Crippen molar-refractivity contribution in [1.82, 2.24) is 20.2 Å². The van der Waals surface area contributed by atoms with E-state index >= 15 is 0 Å². The summed E-state index contributed by atoms with van der Waals surface area (Å²) in [7, 11) is 0. The molecule has 2 aromatic carbocycles. The van der Waals surface area contributed by atoms with Gasteiger partial charge in [0.15, 0.2) is 0 Å². The van der Waals surface area contributed by atoms with Gasteiger partial charge in [-0.25, -0.2) is 14.2 Å². The average Bonchev–Trinajstić information content (AvgIpc) is 3.38. The van der Waals surface area contributed by atoms with Gasteiger partial charge >= 0.3 is 6.03 Å². The molecule has 0 bridgehead atoms. The Bertz CT molecular complexity index is 1200. The van der Waals surface area contributed by atoms with Crippen molar-refractivity contribution in [1.29, 1.82) is 0 Å². The number of carbonyl (C=O) groups excluding carboxylic acids is 2. The first-order valence-corrected chi connectivity index (χ1v) is 11.9. The molecule has 34 heavy (non-hydrogen) atoms. The summed E-state index contributed by atoms with van der Waals surface area (Å²) < 4.78 is 20.6. The van der Waals surface area contributed by atoms with Crippen LogP contribution in [0.4, 0.5) is 9.18 Å². The molecule has 0 aliphatic carbocycles. The highest BCUT2D eigenvalue weighted by Gasteiger charge is 2.45. The Hall–Kier alpha value is -2.99. The second-order valence-corrected chi connectivity index (χ2v) is 9.47. The second-order valence-electron chi connectivity index (χ2n) is 8.23. The number of hydrogen-bond donors (Lipinski definition) is 3. The van der Waals surface area contributed by atoms with Crippen LogP contribution in [-0.4, -0.2) is 45.1 Å². The number of H-pyrrole nitrogens is 1. The Morgan fingerprint density at radius 2 is 1.94 bits per heavy atom. The largest absolute Gasteiger partial charge is 0.491 e. The van der Waals surface area contributed by atoms with Crippen molar-refractivity contribution in [3.63, 3.8) is 0 Å². The van der Waals surface area contributed by atoms with E-state index in [4.69, 9.17) is 9.84 Å². The number of aromatic amines is 1. The normalized spacial score (nSPS) is 16.8.